The lowest BCUT2D eigenvalue weighted by Gasteiger charge is -1.89. The largest absolute Gasteiger partial charge is 0.345 e. The molecule has 2 nitrogen and oxygen atoms in total. The van der Waals surface area contributed by atoms with Crippen LogP contribution >= 0.6 is 20.9 Å². The van der Waals surface area contributed by atoms with E-state index in [1.165, 1.54) is 21.0 Å². The number of aromatic nitrogens is 1. The number of hydrogen-bond acceptors (Lipinski definition) is 3. The average molecular weight is 260 g/mol. The van der Waals surface area contributed by atoms with E-state index in [4.69, 9.17) is 4.42 Å². The van der Waals surface area contributed by atoms with Crippen molar-refractivity contribution in [2.45, 2.75) is 6.61 Å². The Morgan fingerprint density at radius 3 is 2.82 bits per heavy atom. The zero-order valence-corrected chi connectivity index (χ0v) is 10.6. The van der Waals surface area contributed by atoms with Crippen molar-refractivity contribution in [3.8, 4) is 10.6 Å². The quantitative estimate of drug-likeness (QED) is 0.512. The van der Waals surface area contributed by atoms with E-state index in [-0.39, 0.29) is 0 Å². The Morgan fingerprint density at radius 1 is 1.06 bits per heavy atom. The maximum absolute atomic E-state index is 5.75. The van der Waals surface area contributed by atoms with E-state index in [2.05, 4.69) is 16.5 Å². The number of benzene rings is 2. The molecule has 0 saturated heterocycles. The van der Waals surface area contributed by atoms with Crippen LogP contribution in [0.3, 0.4) is 0 Å². The summed E-state index contributed by atoms with van der Waals surface area (Å²) in [7, 11) is 3.19. The molecular formula is C13H10NOS2+. The van der Waals surface area contributed by atoms with Gasteiger partial charge in [0.15, 0.2) is 0 Å². The van der Waals surface area contributed by atoms with E-state index >= 15 is 0 Å². The molecule has 0 amide bonds. The van der Waals surface area contributed by atoms with Gasteiger partial charge in [0.25, 0.3) is 6.61 Å². The zero-order chi connectivity index (χ0) is 11.5. The normalized spacial score (nSPS) is 12.1. The molecule has 0 radical (unpaired) electrons. The maximum Gasteiger partial charge on any atom is 0.345 e. The first-order valence-corrected chi connectivity index (χ1v) is 7.38. The molecule has 0 unspecified atom stereocenters. The Kier molecular flexibility index (Phi) is 2.98. The van der Waals surface area contributed by atoms with Gasteiger partial charge in [0.05, 0.1) is 16.6 Å². The Hall–Kier alpha value is -1.52. The molecule has 0 atom stereocenters. The van der Waals surface area contributed by atoms with Gasteiger partial charge in [-0.05, 0) is 18.2 Å². The molecule has 1 aliphatic heterocycles. The minimum atomic E-state index is 0.606. The Balaban J connectivity index is 1.91. The first-order chi connectivity index (χ1) is 8.42. The monoisotopic (exact) mass is 260 g/mol. The van der Waals surface area contributed by atoms with E-state index in [0.29, 0.717) is 6.61 Å². The van der Waals surface area contributed by atoms with Gasteiger partial charge in [-0.25, -0.2) is 4.42 Å². The highest BCUT2D eigenvalue weighted by molar-refractivity contribution is 7.68. The summed E-state index contributed by atoms with van der Waals surface area (Å²) in [6.45, 7) is 0.606. The van der Waals surface area contributed by atoms with E-state index in [1.807, 2.05) is 36.4 Å². The van der Waals surface area contributed by atoms with Gasteiger partial charge >= 0.3 is 5.43 Å². The fourth-order valence-corrected chi connectivity index (χ4v) is 3.34. The Bertz CT molecular complexity index is 642. The van der Waals surface area contributed by atoms with Crippen LogP contribution in [0.2, 0.25) is 0 Å². The van der Waals surface area contributed by atoms with Crippen LogP contribution in [-0.2, 0) is 6.61 Å². The molecule has 1 aliphatic carbocycles. The smallest absolute Gasteiger partial charge is 0.250 e. The maximum atomic E-state index is 5.75. The molecule has 0 aromatic heterocycles. The van der Waals surface area contributed by atoms with Crippen molar-refractivity contribution in [1.29, 1.82) is 0 Å². The van der Waals surface area contributed by atoms with Gasteiger partial charge < -0.3 is 0 Å². The fraction of sp³-hybridized carbons (Fsp3) is 0.0769. The van der Waals surface area contributed by atoms with Crippen LogP contribution in [0, 0.1) is 0 Å². The highest BCUT2D eigenvalue weighted by Crippen LogP contribution is 2.25. The van der Waals surface area contributed by atoms with Crippen molar-refractivity contribution in [3.63, 3.8) is 0 Å². The summed E-state index contributed by atoms with van der Waals surface area (Å²) in [4.78, 5) is 1.18. The fourth-order valence-electron chi connectivity index (χ4n) is 1.57. The van der Waals surface area contributed by atoms with Crippen LogP contribution in [-0.4, -0.2) is 4.37 Å². The summed E-state index contributed by atoms with van der Waals surface area (Å²) < 4.78 is 10.0. The van der Waals surface area contributed by atoms with Crippen LogP contribution in [0.15, 0.2) is 53.0 Å². The molecule has 0 saturated carbocycles. The molecule has 4 heteroatoms. The topological polar surface area (TPSA) is 24.2 Å². The third-order valence-electron chi connectivity index (χ3n) is 2.44. The van der Waals surface area contributed by atoms with Gasteiger partial charge in [0, 0.05) is 22.2 Å². The Morgan fingerprint density at radius 2 is 1.94 bits per heavy atom. The van der Waals surface area contributed by atoms with Crippen LogP contribution < -0.4 is 5.43 Å². The summed E-state index contributed by atoms with van der Waals surface area (Å²) in [5.74, 6) is 0. The second-order valence-electron chi connectivity index (χ2n) is 3.65. The molecule has 1 aromatic rings. The van der Waals surface area contributed by atoms with E-state index in [0.717, 1.165) is 11.1 Å². The van der Waals surface area contributed by atoms with Crippen molar-refractivity contribution in [1.82, 2.24) is 4.37 Å². The molecule has 0 bridgehead atoms. The lowest BCUT2D eigenvalue weighted by Crippen LogP contribution is -2.01. The standard InChI is InChI=1S/C13H10NOS2/c1-2-4-10(5-3-1)9-15-11-6-7-12-13(8-11)16-17-14-12/h1-8H,9H2/q+1. The van der Waals surface area contributed by atoms with Crippen molar-refractivity contribution in [3.05, 3.63) is 63.9 Å². The molecule has 0 N–H and O–H groups in total. The lowest BCUT2D eigenvalue weighted by atomic mass is 10.2. The van der Waals surface area contributed by atoms with E-state index in [1.54, 1.807) is 10.3 Å². The second kappa shape index (κ2) is 4.77. The molecule has 17 heavy (non-hydrogen) atoms. The van der Waals surface area contributed by atoms with Gasteiger partial charge in [-0.1, -0.05) is 28.5 Å². The molecule has 84 valence electrons. The third-order valence-corrected chi connectivity index (χ3v) is 4.28. The van der Waals surface area contributed by atoms with Crippen molar-refractivity contribution >= 4 is 20.9 Å². The molecule has 1 aromatic carbocycles. The van der Waals surface area contributed by atoms with Crippen LogP contribution in [0.4, 0.5) is 0 Å². The SMILES string of the molecule is c1ccc(C[O+]=c2ccc3nssc-3c2)cc1. The predicted octanol–water partition coefficient (Wildman–Crippen LogP) is 3.41. The van der Waals surface area contributed by atoms with Gasteiger partial charge in [0.2, 0.25) is 0 Å². The minimum absolute atomic E-state index is 0.606. The number of fused-ring (bicyclic) bond motifs is 1. The van der Waals surface area contributed by atoms with Gasteiger partial charge in [-0.2, -0.15) is 4.37 Å². The highest BCUT2D eigenvalue weighted by Gasteiger charge is 2.08. The minimum Gasteiger partial charge on any atom is -0.250 e. The summed E-state index contributed by atoms with van der Waals surface area (Å²) in [5.41, 5.74) is 3.13. The molecule has 0 fully saturated rings. The summed E-state index contributed by atoms with van der Waals surface area (Å²) in [6, 6.07) is 16.2. The molecular weight excluding hydrogens is 250 g/mol. The molecule has 0 spiro atoms. The van der Waals surface area contributed by atoms with Crippen LogP contribution in [0.5, 0.6) is 0 Å². The van der Waals surface area contributed by atoms with Gasteiger partial charge in [-0.15, -0.1) is 0 Å². The number of rotatable bonds is 2. The van der Waals surface area contributed by atoms with Gasteiger partial charge in [0.1, 0.15) is 0 Å². The third kappa shape index (κ3) is 2.43. The number of hydrogen-bond donors (Lipinski definition) is 0. The van der Waals surface area contributed by atoms with Crippen molar-refractivity contribution in [2.75, 3.05) is 0 Å². The van der Waals surface area contributed by atoms with Crippen molar-refractivity contribution in [2.24, 2.45) is 0 Å². The first kappa shape index (κ1) is 10.6. The number of nitrogens with zero attached hydrogens (tertiary/aromatic N) is 1. The van der Waals surface area contributed by atoms with Crippen LogP contribution in [0.1, 0.15) is 5.56 Å². The van der Waals surface area contributed by atoms with E-state index in [9.17, 15) is 0 Å². The van der Waals surface area contributed by atoms with Gasteiger partial charge in [-0.3, -0.25) is 0 Å². The zero-order valence-electron chi connectivity index (χ0n) is 9.00. The second-order valence-corrected chi connectivity index (χ2v) is 5.54. The summed E-state index contributed by atoms with van der Waals surface area (Å²) in [6.07, 6.45) is 0. The summed E-state index contributed by atoms with van der Waals surface area (Å²) in [5, 5.41) is 0. The van der Waals surface area contributed by atoms with E-state index < -0.39 is 0 Å². The molecule has 1 heterocycles. The summed E-state index contributed by atoms with van der Waals surface area (Å²) >= 11 is 0. The van der Waals surface area contributed by atoms with Crippen LogP contribution in [0.25, 0.3) is 10.6 Å². The predicted molar refractivity (Wildman–Crippen MR) is 73.0 cm³/mol. The average Bonchev–Trinajstić information content (AvgIpc) is 2.85. The van der Waals surface area contributed by atoms with Crippen molar-refractivity contribution < 1.29 is 0 Å². The Labute approximate surface area is 106 Å². The first-order valence-electron chi connectivity index (χ1n) is 5.27. The molecule has 2 aliphatic rings. The highest BCUT2D eigenvalue weighted by atomic mass is 32.9. The molecule has 3 rings (SSSR count). The lowest BCUT2D eigenvalue weighted by molar-refractivity contribution is 1.19.